The van der Waals surface area contributed by atoms with E-state index < -0.39 is 5.97 Å². The number of carbonyl (C=O) groups excluding carboxylic acids is 1. The molecular weight excluding hydrogens is 282 g/mol. The average Bonchev–Trinajstić information content (AvgIpc) is 3.29. The van der Waals surface area contributed by atoms with Crippen molar-refractivity contribution in [3.05, 3.63) is 29.8 Å². The number of rotatable bonds is 5. The van der Waals surface area contributed by atoms with Gasteiger partial charge in [-0.2, -0.15) is 0 Å². The molecule has 1 aromatic rings. The lowest BCUT2D eigenvalue weighted by Gasteiger charge is -2.21. The van der Waals surface area contributed by atoms with Gasteiger partial charge in [-0.05, 0) is 48.8 Å². The predicted octanol–water partition coefficient (Wildman–Crippen LogP) is 2.63. The van der Waals surface area contributed by atoms with Crippen molar-refractivity contribution in [1.82, 2.24) is 0 Å². The quantitative estimate of drug-likeness (QED) is 0.877. The second-order valence-corrected chi connectivity index (χ2v) is 6.22. The van der Waals surface area contributed by atoms with E-state index in [1.807, 2.05) is 24.3 Å². The van der Waals surface area contributed by atoms with Crippen molar-refractivity contribution >= 4 is 17.6 Å². The van der Waals surface area contributed by atoms with Gasteiger partial charge in [0.15, 0.2) is 0 Å². The molecule has 1 aliphatic carbocycles. The van der Waals surface area contributed by atoms with Gasteiger partial charge in [-0.3, -0.25) is 9.59 Å². The van der Waals surface area contributed by atoms with E-state index in [4.69, 9.17) is 9.84 Å². The molecule has 2 fully saturated rings. The van der Waals surface area contributed by atoms with E-state index in [1.165, 1.54) is 0 Å². The maximum absolute atomic E-state index is 12.0. The molecule has 0 spiro atoms. The van der Waals surface area contributed by atoms with Crippen LogP contribution in [0.25, 0.3) is 0 Å². The second kappa shape index (κ2) is 6.48. The van der Waals surface area contributed by atoms with E-state index in [2.05, 4.69) is 5.32 Å². The van der Waals surface area contributed by atoms with Gasteiger partial charge in [0.1, 0.15) is 0 Å². The summed E-state index contributed by atoms with van der Waals surface area (Å²) in [5, 5.41) is 11.9. The van der Waals surface area contributed by atoms with Gasteiger partial charge < -0.3 is 15.2 Å². The van der Waals surface area contributed by atoms with Crippen LogP contribution >= 0.6 is 0 Å². The molecule has 1 heterocycles. The summed E-state index contributed by atoms with van der Waals surface area (Å²) in [6, 6.07) is 7.54. The summed E-state index contributed by atoms with van der Waals surface area (Å²) in [5.74, 6) is -0.386. The fourth-order valence-corrected chi connectivity index (χ4v) is 3.07. The van der Waals surface area contributed by atoms with Crippen LogP contribution in [0.5, 0.6) is 0 Å². The molecule has 1 aromatic carbocycles. The molecule has 0 radical (unpaired) electrons. The highest BCUT2D eigenvalue weighted by atomic mass is 16.5. The number of aliphatic carboxylic acids is 1. The number of ether oxygens (including phenoxy) is 1. The molecule has 5 nitrogen and oxygen atoms in total. The number of anilines is 1. The number of carboxylic acid groups (broad SMARTS) is 1. The van der Waals surface area contributed by atoms with Gasteiger partial charge in [0, 0.05) is 25.3 Å². The van der Waals surface area contributed by atoms with Crippen molar-refractivity contribution in [2.75, 3.05) is 18.5 Å². The normalized spacial score (nSPS) is 24.7. The standard InChI is InChI=1S/C17H21NO4/c19-16(9-11-5-7-22-8-6-11)18-13-3-1-12(2-4-13)14-10-15(14)17(20)21/h1-4,11,14-15H,5-10H2,(H,18,19)(H,20,21)/t14-,15+/m0/s1. The first-order valence-corrected chi connectivity index (χ1v) is 7.84. The molecule has 2 N–H and O–H groups in total. The largest absolute Gasteiger partial charge is 0.481 e. The lowest BCUT2D eigenvalue weighted by molar-refractivity contribution is -0.138. The van der Waals surface area contributed by atoms with Crippen LogP contribution < -0.4 is 5.32 Å². The topological polar surface area (TPSA) is 75.6 Å². The van der Waals surface area contributed by atoms with Crippen LogP contribution in [0.3, 0.4) is 0 Å². The van der Waals surface area contributed by atoms with Gasteiger partial charge in [0.05, 0.1) is 5.92 Å². The van der Waals surface area contributed by atoms with Crippen LogP contribution in [0.15, 0.2) is 24.3 Å². The maximum atomic E-state index is 12.0. The summed E-state index contributed by atoms with van der Waals surface area (Å²) in [5.41, 5.74) is 1.81. The van der Waals surface area contributed by atoms with Gasteiger partial charge in [-0.1, -0.05) is 12.1 Å². The van der Waals surface area contributed by atoms with Crippen molar-refractivity contribution in [3.8, 4) is 0 Å². The van der Waals surface area contributed by atoms with Gasteiger partial charge >= 0.3 is 5.97 Å². The van der Waals surface area contributed by atoms with Crippen molar-refractivity contribution in [1.29, 1.82) is 0 Å². The Hall–Kier alpha value is -1.88. The Morgan fingerprint density at radius 1 is 1.18 bits per heavy atom. The first-order valence-electron chi connectivity index (χ1n) is 7.84. The van der Waals surface area contributed by atoms with E-state index in [-0.39, 0.29) is 17.7 Å². The van der Waals surface area contributed by atoms with Crippen LogP contribution in [0.2, 0.25) is 0 Å². The molecule has 3 rings (SSSR count). The Balaban J connectivity index is 1.50. The molecule has 0 bridgehead atoms. The molecule has 1 amide bonds. The van der Waals surface area contributed by atoms with Crippen LogP contribution in [-0.4, -0.2) is 30.2 Å². The monoisotopic (exact) mass is 303 g/mol. The molecule has 2 atom stereocenters. The van der Waals surface area contributed by atoms with Crippen LogP contribution in [-0.2, 0) is 14.3 Å². The molecule has 0 aromatic heterocycles. The van der Waals surface area contributed by atoms with Crippen LogP contribution in [0.4, 0.5) is 5.69 Å². The van der Waals surface area contributed by atoms with Gasteiger partial charge in [-0.15, -0.1) is 0 Å². The summed E-state index contributed by atoms with van der Waals surface area (Å²) in [6.07, 6.45) is 3.15. The lowest BCUT2D eigenvalue weighted by Crippen LogP contribution is -2.22. The van der Waals surface area contributed by atoms with E-state index in [0.29, 0.717) is 18.8 Å². The van der Waals surface area contributed by atoms with Crippen molar-refractivity contribution in [2.45, 2.75) is 31.6 Å². The highest BCUT2D eigenvalue weighted by Crippen LogP contribution is 2.47. The zero-order chi connectivity index (χ0) is 15.5. The molecule has 0 unspecified atom stereocenters. The van der Waals surface area contributed by atoms with E-state index in [0.717, 1.165) is 37.3 Å². The van der Waals surface area contributed by atoms with E-state index in [1.54, 1.807) is 0 Å². The summed E-state index contributed by atoms with van der Waals surface area (Å²) in [4.78, 5) is 22.9. The Bertz CT molecular complexity index is 548. The van der Waals surface area contributed by atoms with Crippen molar-refractivity contribution in [3.63, 3.8) is 0 Å². The molecule has 1 saturated carbocycles. The Morgan fingerprint density at radius 3 is 2.45 bits per heavy atom. The van der Waals surface area contributed by atoms with Gasteiger partial charge in [-0.25, -0.2) is 0 Å². The number of nitrogens with one attached hydrogen (secondary N) is 1. The zero-order valence-corrected chi connectivity index (χ0v) is 12.5. The number of hydrogen-bond acceptors (Lipinski definition) is 3. The van der Waals surface area contributed by atoms with Crippen LogP contribution in [0, 0.1) is 11.8 Å². The van der Waals surface area contributed by atoms with E-state index in [9.17, 15) is 9.59 Å². The summed E-state index contributed by atoms with van der Waals surface area (Å²) >= 11 is 0. The molecule has 22 heavy (non-hydrogen) atoms. The minimum atomic E-state index is -0.723. The highest BCUT2D eigenvalue weighted by molar-refractivity contribution is 5.90. The maximum Gasteiger partial charge on any atom is 0.307 e. The average molecular weight is 303 g/mol. The van der Waals surface area contributed by atoms with Crippen LogP contribution in [0.1, 0.15) is 37.2 Å². The first kappa shape index (κ1) is 15.0. The minimum absolute atomic E-state index is 0.0366. The molecule has 1 saturated heterocycles. The SMILES string of the molecule is O=C(CC1CCOCC1)Nc1ccc([C@@H]2C[C@H]2C(=O)O)cc1. The summed E-state index contributed by atoms with van der Waals surface area (Å²) < 4.78 is 5.29. The number of carboxylic acids is 1. The Labute approximate surface area is 129 Å². The molecular formula is C17H21NO4. The molecule has 118 valence electrons. The third-order valence-corrected chi connectivity index (χ3v) is 4.55. The smallest absolute Gasteiger partial charge is 0.307 e. The van der Waals surface area contributed by atoms with E-state index >= 15 is 0 Å². The zero-order valence-electron chi connectivity index (χ0n) is 12.5. The van der Waals surface area contributed by atoms with Crippen molar-refractivity contribution in [2.24, 2.45) is 11.8 Å². The number of carbonyl (C=O) groups is 2. The Kier molecular flexibility index (Phi) is 4.43. The predicted molar refractivity (Wildman–Crippen MR) is 81.7 cm³/mol. The molecule has 1 aliphatic heterocycles. The van der Waals surface area contributed by atoms with Gasteiger partial charge in [0.2, 0.25) is 5.91 Å². The van der Waals surface area contributed by atoms with Crippen molar-refractivity contribution < 1.29 is 19.4 Å². The molecule has 2 aliphatic rings. The fourth-order valence-electron chi connectivity index (χ4n) is 3.07. The number of benzene rings is 1. The summed E-state index contributed by atoms with van der Waals surface area (Å²) in [7, 11) is 0. The Morgan fingerprint density at radius 2 is 1.86 bits per heavy atom. The third-order valence-electron chi connectivity index (χ3n) is 4.55. The minimum Gasteiger partial charge on any atom is -0.481 e. The lowest BCUT2D eigenvalue weighted by atomic mass is 9.96. The fraction of sp³-hybridized carbons (Fsp3) is 0.529. The third kappa shape index (κ3) is 3.65. The van der Waals surface area contributed by atoms with Gasteiger partial charge in [0.25, 0.3) is 0 Å². The first-order chi connectivity index (χ1) is 10.6. The summed E-state index contributed by atoms with van der Waals surface area (Å²) in [6.45, 7) is 1.50. The molecule has 5 heteroatoms. The second-order valence-electron chi connectivity index (χ2n) is 6.22. The number of hydrogen-bond donors (Lipinski definition) is 2. The highest BCUT2D eigenvalue weighted by Gasteiger charge is 2.43. The number of amides is 1.